The van der Waals surface area contributed by atoms with E-state index in [0.717, 1.165) is 12.5 Å². The molecule has 0 fully saturated rings. The van der Waals surface area contributed by atoms with Crippen LogP contribution in [0.4, 0.5) is 24.9 Å². The number of hydrogen-bond acceptors (Lipinski definition) is 4. The maximum Gasteiger partial charge on any atom is 0.433 e. The number of rotatable bonds is 5. The van der Waals surface area contributed by atoms with E-state index in [4.69, 9.17) is 0 Å². The minimum absolute atomic E-state index is 0.0191. The van der Waals surface area contributed by atoms with Crippen LogP contribution < -0.4 is 10.2 Å². The zero-order valence-corrected chi connectivity index (χ0v) is 10.7. The van der Waals surface area contributed by atoms with Crippen molar-refractivity contribution in [3.63, 3.8) is 0 Å². The van der Waals surface area contributed by atoms with E-state index in [9.17, 15) is 13.2 Å². The molecule has 18 heavy (non-hydrogen) atoms. The Balaban J connectivity index is 3.18. The molecule has 0 aliphatic rings. The molecule has 4 nitrogen and oxygen atoms in total. The fraction of sp³-hybridized carbons (Fsp3) is 0.636. The Morgan fingerprint density at radius 3 is 2.39 bits per heavy atom. The van der Waals surface area contributed by atoms with Crippen LogP contribution in [0, 0.1) is 0 Å². The van der Waals surface area contributed by atoms with E-state index in [1.807, 2.05) is 13.8 Å². The molecule has 7 heteroatoms. The second kappa shape index (κ2) is 5.88. The molecular formula is C11H17F3N4. The van der Waals surface area contributed by atoms with E-state index in [-0.39, 0.29) is 5.95 Å². The highest BCUT2D eigenvalue weighted by Gasteiger charge is 2.34. The molecule has 102 valence electrons. The summed E-state index contributed by atoms with van der Waals surface area (Å²) in [6, 6.07) is 0.986. The smallest absolute Gasteiger partial charge is 0.357 e. The monoisotopic (exact) mass is 262 g/mol. The Morgan fingerprint density at radius 1 is 1.28 bits per heavy atom. The normalized spacial score (nSPS) is 11.4. The minimum Gasteiger partial charge on any atom is -0.357 e. The van der Waals surface area contributed by atoms with Gasteiger partial charge in [-0.05, 0) is 13.3 Å². The zero-order chi connectivity index (χ0) is 13.8. The second-order valence-electron chi connectivity index (χ2n) is 3.76. The summed E-state index contributed by atoms with van der Waals surface area (Å²) in [7, 11) is 1.50. The molecule has 0 amide bonds. The summed E-state index contributed by atoms with van der Waals surface area (Å²) >= 11 is 0. The van der Waals surface area contributed by atoms with Crippen LogP contribution in [0.2, 0.25) is 0 Å². The van der Waals surface area contributed by atoms with Gasteiger partial charge in [-0.1, -0.05) is 6.92 Å². The van der Waals surface area contributed by atoms with E-state index in [0.29, 0.717) is 18.9 Å². The first kappa shape index (κ1) is 14.5. The van der Waals surface area contributed by atoms with Gasteiger partial charge in [0, 0.05) is 26.2 Å². The molecule has 1 rings (SSSR count). The zero-order valence-electron chi connectivity index (χ0n) is 10.7. The molecule has 0 radical (unpaired) electrons. The number of alkyl halides is 3. The molecule has 0 atom stereocenters. The van der Waals surface area contributed by atoms with Gasteiger partial charge in [-0.25, -0.2) is 4.98 Å². The molecule has 0 aliphatic carbocycles. The van der Waals surface area contributed by atoms with Crippen molar-refractivity contribution >= 4 is 11.8 Å². The molecule has 0 aliphatic heterocycles. The highest BCUT2D eigenvalue weighted by Crippen LogP contribution is 2.30. The van der Waals surface area contributed by atoms with Crippen LogP contribution in [0.1, 0.15) is 26.0 Å². The van der Waals surface area contributed by atoms with Gasteiger partial charge in [0.05, 0.1) is 0 Å². The summed E-state index contributed by atoms with van der Waals surface area (Å²) in [5.41, 5.74) is -0.925. The number of hydrogen-bond donors (Lipinski definition) is 1. The minimum atomic E-state index is -4.46. The molecule has 0 unspecified atom stereocenters. The number of nitrogens with zero attached hydrogens (tertiary/aromatic N) is 3. The van der Waals surface area contributed by atoms with Gasteiger partial charge < -0.3 is 10.2 Å². The van der Waals surface area contributed by atoms with Crippen molar-refractivity contribution in [1.29, 1.82) is 0 Å². The highest BCUT2D eigenvalue weighted by atomic mass is 19.4. The third-order valence-electron chi connectivity index (χ3n) is 2.43. The van der Waals surface area contributed by atoms with E-state index in [1.165, 1.54) is 7.05 Å². The molecule has 0 saturated heterocycles. The van der Waals surface area contributed by atoms with Gasteiger partial charge in [0.2, 0.25) is 5.95 Å². The van der Waals surface area contributed by atoms with Gasteiger partial charge in [0.25, 0.3) is 0 Å². The largest absolute Gasteiger partial charge is 0.433 e. The molecule has 1 heterocycles. The standard InChI is InChI=1S/C11H17F3N4/c1-4-6-18(5-2)9-7-8(11(12,13)14)16-10(15-3)17-9/h7H,4-6H2,1-3H3,(H,15,16,17). The summed E-state index contributed by atoms with van der Waals surface area (Å²) < 4.78 is 38.1. The fourth-order valence-electron chi connectivity index (χ4n) is 1.56. The Hall–Kier alpha value is -1.53. The summed E-state index contributed by atoms with van der Waals surface area (Å²) in [5, 5.41) is 2.55. The van der Waals surface area contributed by atoms with Gasteiger partial charge >= 0.3 is 6.18 Å². The fourth-order valence-corrected chi connectivity index (χ4v) is 1.56. The highest BCUT2D eigenvalue weighted by molar-refractivity contribution is 5.45. The number of nitrogens with one attached hydrogen (secondary N) is 1. The van der Waals surface area contributed by atoms with Crippen molar-refractivity contribution < 1.29 is 13.2 Å². The van der Waals surface area contributed by atoms with Crippen LogP contribution in [-0.2, 0) is 6.18 Å². The molecular weight excluding hydrogens is 245 g/mol. The summed E-state index contributed by atoms with van der Waals surface area (Å²) in [6.45, 7) is 5.11. The molecule has 0 aromatic carbocycles. The first-order valence-electron chi connectivity index (χ1n) is 5.81. The van der Waals surface area contributed by atoms with Crippen LogP contribution in [0.25, 0.3) is 0 Å². The lowest BCUT2D eigenvalue weighted by molar-refractivity contribution is -0.141. The van der Waals surface area contributed by atoms with Crippen molar-refractivity contribution in [1.82, 2.24) is 9.97 Å². The van der Waals surface area contributed by atoms with Crippen LogP contribution >= 0.6 is 0 Å². The van der Waals surface area contributed by atoms with Crippen molar-refractivity contribution in [2.24, 2.45) is 0 Å². The third kappa shape index (κ3) is 3.48. The molecule has 0 spiro atoms. The Morgan fingerprint density at radius 2 is 1.94 bits per heavy atom. The lowest BCUT2D eigenvalue weighted by atomic mass is 10.3. The van der Waals surface area contributed by atoms with Crippen LogP contribution in [-0.4, -0.2) is 30.1 Å². The second-order valence-corrected chi connectivity index (χ2v) is 3.76. The molecule has 1 aromatic rings. The number of halogens is 3. The number of anilines is 2. The molecule has 0 saturated carbocycles. The lowest BCUT2D eigenvalue weighted by Crippen LogP contribution is -2.26. The van der Waals surface area contributed by atoms with Gasteiger partial charge in [-0.2, -0.15) is 18.2 Å². The van der Waals surface area contributed by atoms with E-state index in [2.05, 4.69) is 15.3 Å². The van der Waals surface area contributed by atoms with E-state index < -0.39 is 11.9 Å². The van der Waals surface area contributed by atoms with Gasteiger partial charge in [-0.15, -0.1) is 0 Å². The first-order chi connectivity index (χ1) is 8.42. The number of aromatic nitrogens is 2. The topological polar surface area (TPSA) is 41.1 Å². The predicted molar refractivity (Wildman–Crippen MR) is 64.8 cm³/mol. The molecule has 1 N–H and O–H groups in total. The van der Waals surface area contributed by atoms with Gasteiger partial charge in [0.1, 0.15) is 5.82 Å². The lowest BCUT2D eigenvalue weighted by Gasteiger charge is -2.22. The van der Waals surface area contributed by atoms with Crippen molar-refractivity contribution in [3.8, 4) is 0 Å². The molecule has 0 bridgehead atoms. The van der Waals surface area contributed by atoms with Crippen molar-refractivity contribution in [3.05, 3.63) is 11.8 Å². The molecule has 1 aromatic heterocycles. The predicted octanol–water partition coefficient (Wildman–Crippen LogP) is 2.77. The van der Waals surface area contributed by atoms with E-state index >= 15 is 0 Å². The Labute approximate surface area is 104 Å². The Bertz CT molecular complexity index is 392. The van der Waals surface area contributed by atoms with Gasteiger partial charge in [-0.3, -0.25) is 0 Å². The Kier molecular flexibility index (Phi) is 4.75. The maximum atomic E-state index is 12.7. The van der Waals surface area contributed by atoms with Crippen LogP contribution in [0.5, 0.6) is 0 Å². The average molecular weight is 262 g/mol. The maximum absolute atomic E-state index is 12.7. The third-order valence-corrected chi connectivity index (χ3v) is 2.43. The quantitative estimate of drug-likeness (QED) is 0.886. The van der Waals surface area contributed by atoms with E-state index in [1.54, 1.807) is 4.90 Å². The average Bonchev–Trinajstić information content (AvgIpc) is 2.34. The summed E-state index contributed by atoms with van der Waals surface area (Å²) in [5.74, 6) is 0.278. The van der Waals surface area contributed by atoms with Crippen molar-refractivity contribution in [2.45, 2.75) is 26.4 Å². The van der Waals surface area contributed by atoms with Crippen molar-refractivity contribution in [2.75, 3.05) is 30.4 Å². The van der Waals surface area contributed by atoms with Crippen LogP contribution in [0.3, 0.4) is 0 Å². The summed E-state index contributed by atoms with van der Waals surface area (Å²) in [6.07, 6.45) is -3.62. The van der Waals surface area contributed by atoms with Crippen LogP contribution in [0.15, 0.2) is 6.07 Å². The SMILES string of the molecule is CCCN(CC)c1cc(C(F)(F)F)nc(NC)n1. The van der Waals surface area contributed by atoms with Gasteiger partial charge in [0.15, 0.2) is 5.69 Å². The summed E-state index contributed by atoms with van der Waals surface area (Å²) in [4.78, 5) is 9.27. The first-order valence-corrected chi connectivity index (χ1v) is 5.81.